The van der Waals surface area contributed by atoms with E-state index in [2.05, 4.69) is 0 Å². The Morgan fingerprint density at radius 2 is 1.73 bits per heavy atom. The van der Waals surface area contributed by atoms with Crippen LogP contribution in [0.3, 0.4) is 0 Å². The second-order valence-electron chi connectivity index (χ2n) is 8.12. The number of hydrogen-bond acceptors (Lipinski definition) is 4. The summed E-state index contributed by atoms with van der Waals surface area (Å²) in [6.07, 6.45) is 3.49. The van der Waals surface area contributed by atoms with Crippen molar-refractivity contribution in [3.05, 3.63) is 53.6 Å². The molecule has 0 radical (unpaired) electrons. The molecule has 4 rings (SSSR count). The van der Waals surface area contributed by atoms with Crippen LogP contribution in [0.1, 0.15) is 49.0 Å². The largest absolute Gasteiger partial charge is 0.490 e. The van der Waals surface area contributed by atoms with Crippen molar-refractivity contribution < 1.29 is 17.9 Å². The van der Waals surface area contributed by atoms with E-state index in [4.69, 9.17) is 4.74 Å². The summed E-state index contributed by atoms with van der Waals surface area (Å²) in [6, 6.07) is 12.4. The van der Waals surface area contributed by atoms with Crippen LogP contribution < -0.4 is 9.64 Å². The number of ether oxygens (including phenoxy) is 1. The summed E-state index contributed by atoms with van der Waals surface area (Å²) >= 11 is 0. The van der Waals surface area contributed by atoms with Crippen molar-refractivity contribution in [2.24, 2.45) is 0 Å². The summed E-state index contributed by atoms with van der Waals surface area (Å²) in [4.78, 5) is 15.3. The van der Waals surface area contributed by atoms with E-state index in [-0.39, 0.29) is 12.0 Å². The Morgan fingerprint density at radius 1 is 1.00 bits per heavy atom. The number of amides is 1. The molecule has 0 N–H and O–H groups in total. The van der Waals surface area contributed by atoms with Crippen LogP contribution in [0.25, 0.3) is 0 Å². The van der Waals surface area contributed by atoms with Crippen LogP contribution in [0.2, 0.25) is 0 Å². The Bertz CT molecular complexity index is 1040. The zero-order valence-electron chi connectivity index (χ0n) is 17.5. The molecule has 6 nitrogen and oxygen atoms in total. The summed E-state index contributed by atoms with van der Waals surface area (Å²) in [6.45, 7) is 5.54. The highest BCUT2D eigenvalue weighted by molar-refractivity contribution is 7.89. The molecule has 0 saturated carbocycles. The fourth-order valence-corrected chi connectivity index (χ4v) is 5.72. The molecule has 0 atom stereocenters. The molecule has 2 heterocycles. The van der Waals surface area contributed by atoms with E-state index in [1.807, 2.05) is 26.0 Å². The molecule has 30 heavy (non-hydrogen) atoms. The first-order valence-electron chi connectivity index (χ1n) is 10.6. The van der Waals surface area contributed by atoms with Gasteiger partial charge in [0, 0.05) is 25.3 Å². The molecule has 1 fully saturated rings. The van der Waals surface area contributed by atoms with Gasteiger partial charge >= 0.3 is 0 Å². The molecule has 0 aromatic heterocycles. The zero-order chi connectivity index (χ0) is 21.3. The maximum atomic E-state index is 13.3. The highest BCUT2D eigenvalue weighted by atomic mass is 32.2. The third-order valence-electron chi connectivity index (χ3n) is 5.62. The molecular weight excluding hydrogens is 400 g/mol. The number of hydrogen-bond donors (Lipinski definition) is 0. The van der Waals surface area contributed by atoms with Gasteiger partial charge in [0.05, 0.1) is 16.6 Å². The van der Waals surface area contributed by atoms with E-state index < -0.39 is 10.0 Å². The number of anilines is 1. The molecule has 2 aliphatic rings. The minimum Gasteiger partial charge on any atom is -0.490 e. The van der Waals surface area contributed by atoms with Gasteiger partial charge in [-0.05, 0) is 69.0 Å². The number of carbonyl (C=O) groups is 1. The Labute approximate surface area is 178 Å². The zero-order valence-corrected chi connectivity index (χ0v) is 18.3. The van der Waals surface area contributed by atoms with E-state index in [1.54, 1.807) is 39.5 Å². The molecule has 0 aliphatic carbocycles. The molecule has 0 unspecified atom stereocenters. The van der Waals surface area contributed by atoms with E-state index in [9.17, 15) is 13.2 Å². The number of piperidine rings is 1. The molecule has 1 saturated heterocycles. The van der Waals surface area contributed by atoms with Crippen LogP contribution in [0.5, 0.6) is 5.75 Å². The lowest BCUT2D eigenvalue weighted by Crippen LogP contribution is -2.35. The maximum Gasteiger partial charge on any atom is 0.262 e. The van der Waals surface area contributed by atoms with Crippen LogP contribution in [0, 0.1) is 0 Å². The van der Waals surface area contributed by atoms with Crippen molar-refractivity contribution >= 4 is 21.6 Å². The Balaban J connectivity index is 1.61. The second kappa shape index (κ2) is 8.40. The number of carbonyl (C=O) groups excluding carboxylic acids is 1. The molecule has 0 bridgehead atoms. The summed E-state index contributed by atoms with van der Waals surface area (Å²) in [5, 5.41) is 0. The van der Waals surface area contributed by atoms with Gasteiger partial charge < -0.3 is 9.64 Å². The van der Waals surface area contributed by atoms with Crippen LogP contribution >= 0.6 is 0 Å². The topological polar surface area (TPSA) is 66.9 Å². The summed E-state index contributed by atoms with van der Waals surface area (Å²) in [7, 11) is -3.48. The Hall–Kier alpha value is -2.38. The molecule has 160 valence electrons. The first kappa shape index (κ1) is 20.9. The molecule has 2 aliphatic heterocycles. The number of nitrogens with zero attached hydrogens (tertiary/aromatic N) is 2. The van der Waals surface area contributed by atoms with Crippen molar-refractivity contribution in [1.29, 1.82) is 0 Å². The SMILES string of the molecule is CC(C)Oc1ccccc1C(=O)N1CCc2cc(S(=O)(=O)N3CCCCC3)ccc21. The third-order valence-corrected chi connectivity index (χ3v) is 7.52. The fourth-order valence-electron chi connectivity index (χ4n) is 4.15. The lowest BCUT2D eigenvalue weighted by Gasteiger charge is -2.26. The van der Waals surface area contributed by atoms with Crippen molar-refractivity contribution in [2.75, 3.05) is 24.5 Å². The minimum absolute atomic E-state index is 0.0348. The number of sulfonamides is 1. The first-order chi connectivity index (χ1) is 14.4. The summed E-state index contributed by atoms with van der Waals surface area (Å²) in [5.41, 5.74) is 2.18. The smallest absolute Gasteiger partial charge is 0.262 e. The number of rotatable bonds is 5. The van der Waals surface area contributed by atoms with Gasteiger partial charge in [-0.25, -0.2) is 8.42 Å². The van der Waals surface area contributed by atoms with Crippen molar-refractivity contribution in [1.82, 2.24) is 4.31 Å². The van der Waals surface area contributed by atoms with Gasteiger partial charge in [0.1, 0.15) is 5.75 Å². The van der Waals surface area contributed by atoms with Gasteiger partial charge in [-0.15, -0.1) is 0 Å². The predicted molar refractivity (Wildman–Crippen MR) is 117 cm³/mol. The molecule has 7 heteroatoms. The van der Waals surface area contributed by atoms with E-state index in [1.165, 1.54) is 0 Å². The van der Waals surface area contributed by atoms with E-state index in [0.29, 0.717) is 42.3 Å². The monoisotopic (exact) mass is 428 g/mol. The van der Waals surface area contributed by atoms with E-state index >= 15 is 0 Å². The Morgan fingerprint density at radius 3 is 2.47 bits per heavy atom. The van der Waals surface area contributed by atoms with Crippen LogP contribution in [-0.4, -0.2) is 44.4 Å². The lowest BCUT2D eigenvalue weighted by molar-refractivity contribution is 0.0983. The standard InChI is InChI=1S/C23H28N2O4S/c1-17(2)29-22-9-5-4-8-20(22)23(26)25-15-12-18-16-19(10-11-21(18)25)30(27,28)24-13-6-3-7-14-24/h4-5,8-11,16-17H,3,6-7,12-15H2,1-2H3. The third kappa shape index (κ3) is 3.96. The highest BCUT2D eigenvalue weighted by Gasteiger charge is 2.31. The number of benzene rings is 2. The van der Waals surface area contributed by atoms with Crippen molar-refractivity contribution in [3.63, 3.8) is 0 Å². The number of para-hydroxylation sites is 1. The normalized spacial score (nSPS) is 17.2. The molecular formula is C23H28N2O4S. The van der Waals surface area contributed by atoms with Gasteiger partial charge in [0.25, 0.3) is 5.91 Å². The predicted octanol–water partition coefficient (Wildman–Crippen LogP) is 3.85. The van der Waals surface area contributed by atoms with Gasteiger partial charge in [-0.3, -0.25) is 4.79 Å². The average molecular weight is 429 g/mol. The van der Waals surface area contributed by atoms with Crippen molar-refractivity contribution in [2.45, 2.75) is 50.5 Å². The molecule has 1 amide bonds. The van der Waals surface area contributed by atoms with Crippen molar-refractivity contribution in [3.8, 4) is 5.75 Å². The highest BCUT2D eigenvalue weighted by Crippen LogP contribution is 2.34. The molecule has 2 aromatic rings. The average Bonchev–Trinajstić information content (AvgIpc) is 3.17. The van der Waals surface area contributed by atoms with Crippen LogP contribution in [0.15, 0.2) is 47.4 Å². The van der Waals surface area contributed by atoms with Crippen LogP contribution in [0.4, 0.5) is 5.69 Å². The quantitative estimate of drug-likeness (QED) is 0.726. The van der Waals surface area contributed by atoms with Gasteiger partial charge in [0.2, 0.25) is 10.0 Å². The first-order valence-corrected chi connectivity index (χ1v) is 12.0. The van der Waals surface area contributed by atoms with Gasteiger partial charge in [-0.2, -0.15) is 4.31 Å². The summed E-state index contributed by atoms with van der Waals surface area (Å²) in [5.74, 6) is 0.437. The van der Waals surface area contributed by atoms with E-state index in [0.717, 1.165) is 30.5 Å². The molecule has 0 spiro atoms. The van der Waals surface area contributed by atoms with Gasteiger partial charge in [0.15, 0.2) is 0 Å². The Kier molecular flexibility index (Phi) is 5.84. The summed E-state index contributed by atoms with van der Waals surface area (Å²) < 4.78 is 33.4. The van der Waals surface area contributed by atoms with Gasteiger partial charge in [-0.1, -0.05) is 18.6 Å². The number of fused-ring (bicyclic) bond motifs is 1. The lowest BCUT2D eigenvalue weighted by atomic mass is 10.1. The molecule has 2 aromatic carbocycles. The van der Waals surface area contributed by atoms with Crippen LogP contribution in [-0.2, 0) is 16.4 Å². The maximum absolute atomic E-state index is 13.3. The fraction of sp³-hybridized carbons (Fsp3) is 0.435. The minimum atomic E-state index is -3.48. The second-order valence-corrected chi connectivity index (χ2v) is 10.1.